The van der Waals surface area contributed by atoms with E-state index in [9.17, 15) is 10.1 Å². The highest BCUT2D eigenvalue weighted by molar-refractivity contribution is 7.99. The number of hydrogen-bond donors (Lipinski definition) is 0. The van der Waals surface area contributed by atoms with Gasteiger partial charge in [0.15, 0.2) is 5.58 Å². The Labute approximate surface area is 153 Å². The van der Waals surface area contributed by atoms with Gasteiger partial charge in [-0.2, -0.15) is 0 Å². The number of nitrogens with zero attached hydrogens (tertiary/aromatic N) is 2. The molecule has 0 saturated heterocycles. The average molecular weight is 362 g/mol. The minimum absolute atomic E-state index is 0.0128. The van der Waals surface area contributed by atoms with Crippen LogP contribution in [0, 0.1) is 17.0 Å². The van der Waals surface area contributed by atoms with Crippen molar-refractivity contribution in [3.05, 3.63) is 82.4 Å². The first-order valence-electron chi connectivity index (χ1n) is 7.99. The number of oxazole rings is 1. The number of fused-ring (bicyclic) bond motifs is 1. The summed E-state index contributed by atoms with van der Waals surface area (Å²) in [6.07, 6.45) is 0. The van der Waals surface area contributed by atoms with Crippen LogP contribution in [-0.2, 0) is 0 Å². The summed E-state index contributed by atoms with van der Waals surface area (Å²) in [7, 11) is 0. The second-order valence-electron chi connectivity index (χ2n) is 5.84. The van der Waals surface area contributed by atoms with Gasteiger partial charge in [-0.3, -0.25) is 10.1 Å². The predicted molar refractivity (Wildman–Crippen MR) is 101 cm³/mol. The summed E-state index contributed by atoms with van der Waals surface area (Å²) in [5, 5.41) is 11.5. The number of nitro groups is 1. The van der Waals surface area contributed by atoms with E-state index < -0.39 is 0 Å². The molecule has 0 aliphatic carbocycles. The summed E-state index contributed by atoms with van der Waals surface area (Å²) in [6.45, 7) is 2.00. The maximum atomic E-state index is 11.5. The van der Waals surface area contributed by atoms with Crippen LogP contribution in [0.25, 0.3) is 22.6 Å². The molecule has 1 heterocycles. The Morgan fingerprint density at radius 1 is 1.04 bits per heavy atom. The van der Waals surface area contributed by atoms with Crippen molar-refractivity contribution < 1.29 is 9.34 Å². The van der Waals surface area contributed by atoms with Crippen molar-refractivity contribution in [2.45, 2.75) is 16.7 Å². The zero-order valence-electron chi connectivity index (χ0n) is 13.9. The van der Waals surface area contributed by atoms with Gasteiger partial charge in [0.25, 0.3) is 5.69 Å². The van der Waals surface area contributed by atoms with E-state index in [0.29, 0.717) is 21.9 Å². The van der Waals surface area contributed by atoms with Crippen LogP contribution < -0.4 is 0 Å². The van der Waals surface area contributed by atoms with Gasteiger partial charge in [-0.05, 0) is 37.3 Å². The number of hydrogen-bond acceptors (Lipinski definition) is 5. The van der Waals surface area contributed by atoms with Crippen molar-refractivity contribution in [1.29, 1.82) is 0 Å². The molecule has 4 rings (SSSR count). The summed E-state index contributed by atoms with van der Waals surface area (Å²) in [6, 6.07) is 20.5. The number of aryl methyl sites for hydroxylation is 1. The molecule has 0 unspecified atom stereocenters. The quantitative estimate of drug-likeness (QED) is 0.336. The number of nitro benzene ring substituents is 1. The summed E-state index contributed by atoms with van der Waals surface area (Å²) in [5.74, 6) is 0.451. The molecule has 3 aromatic carbocycles. The minimum atomic E-state index is -0.388. The van der Waals surface area contributed by atoms with Crippen LogP contribution in [0.15, 0.2) is 80.9 Å². The molecule has 0 bridgehead atoms. The van der Waals surface area contributed by atoms with Crippen molar-refractivity contribution >= 4 is 28.5 Å². The van der Waals surface area contributed by atoms with Crippen LogP contribution in [0.5, 0.6) is 0 Å². The summed E-state index contributed by atoms with van der Waals surface area (Å²) >= 11 is 1.35. The fourth-order valence-corrected chi connectivity index (χ4v) is 3.54. The van der Waals surface area contributed by atoms with Gasteiger partial charge < -0.3 is 4.42 Å². The van der Waals surface area contributed by atoms with Gasteiger partial charge in [0.05, 0.1) is 15.9 Å². The molecular formula is C20H14N2O3S. The molecule has 4 aromatic rings. The maximum absolute atomic E-state index is 11.5. The van der Waals surface area contributed by atoms with Crippen LogP contribution in [0.3, 0.4) is 0 Å². The lowest BCUT2D eigenvalue weighted by Crippen LogP contribution is -1.91. The molecule has 26 heavy (non-hydrogen) atoms. The summed E-state index contributed by atoms with van der Waals surface area (Å²) < 4.78 is 5.74. The second-order valence-corrected chi connectivity index (χ2v) is 6.96. The highest BCUT2D eigenvalue weighted by Gasteiger charge is 2.20. The van der Waals surface area contributed by atoms with E-state index in [1.165, 1.54) is 17.8 Å². The molecule has 1 aromatic heterocycles. The van der Waals surface area contributed by atoms with Gasteiger partial charge in [0, 0.05) is 10.5 Å². The van der Waals surface area contributed by atoms with Gasteiger partial charge in [-0.1, -0.05) is 47.7 Å². The maximum Gasteiger partial charge on any atom is 0.287 e. The number of rotatable bonds is 4. The first-order valence-corrected chi connectivity index (χ1v) is 8.81. The molecule has 0 atom stereocenters. The second kappa shape index (κ2) is 6.65. The van der Waals surface area contributed by atoms with E-state index in [-0.39, 0.29) is 10.6 Å². The van der Waals surface area contributed by atoms with Crippen LogP contribution in [0.4, 0.5) is 5.69 Å². The zero-order valence-corrected chi connectivity index (χ0v) is 14.7. The molecule has 128 valence electrons. The lowest BCUT2D eigenvalue weighted by molar-refractivity contribution is -0.387. The topological polar surface area (TPSA) is 69.2 Å². The SMILES string of the molecule is Cc1ccc(Sc2cc3nc(-c4ccccc4)oc3cc2[N+](=O)[O-])cc1. The Morgan fingerprint density at radius 2 is 1.77 bits per heavy atom. The van der Waals surface area contributed by atoms with Crippen molar-refractivity contribution in [1.82, 2.24) is 4.98 Å². The zero-order chi connectivity index (χ0) is 18.1. The van der Waals surface area contributed by atoms with E-state index in [4.69, 9.17) is 4.42 Å². The lowest BCUT2D eigenvalue weighted by Gasteiger charge is -2.03. The fraction of sp³-hybridized carbons (Fsp3) is 0.0500. The Kier molecular flexibility index (Phi) is 4.18. The third-order valence-electron chi connectivity index (χ3n) is 3.94. The van der Waals surface area contributed by atoms with Crippen LogP contribution in [-0.4, -0.2) is 9.91 Å². The fourth-order valence-electron chi connectivity index (χ4n) is 2.61. The van der Waals surface area contributed by atoms with Crippen molar-refractivity contribution in [2.24, 2.45) is 0 Å². The normalized spacial score (nSPS) is 11.0. The number of aromatic nitrogens is 1. The van der Waals surface area contributed by atoms with Crippen LogP contribution in [0.2, 0.25) is 0 Å². The standard InChI is InChI=1S/C20H14N2O3S/c1-13-7-9-15(10-8-13)26-19-11-16-18(12-17(19)22(23)24)25-20(21-16)14-5-3-2-4-6-14/h2-12H,1H3. The minimum Gasteiger partial charge on any atom is -0.436 e. The first kappa shape index (κ1) is 16.4. The summed E-state index contributed by atoms with van der Waals surface area (Å²) in [5.41, 5.74) is 2.99. The van der Waals surface area contributed by atoms with E-state index in [1.54, 1.807) is 6.07 Å². The Hall–Kier alpha value is -3.12. The van der Waals surface area contributed by atoms with Gasteiger partial charge in [0.2, 0.25) is 5.89 Å². The Balaban J connectivity index is 1.79. The van der Waals surface area contributed by atoms with Crippen molar-refractivity contribution in [3.8, 4) is 11.5 Å². The molecular weight excluding hydrogens is 348 g/mol. The van der Waals surface area contributed by atoms with E-state index >= 15 is 0 Å². The molecule has 0 N–H and O–H groups in total. The van der Waals surface area contributed by atoms with Crippen LogP contribution >= 0.6 is 11.8 Å². The molecule has 0 saturated carbocycles. The largest absolute Gasteiger partial charge is 0.436 e. The molecule has 0 aliphatic heterocycles. The third kappa shape index (κ3) is 3.19. The monoisotopic (exact) mass is 362 g/mol. The van der Waals surface area contributed by atoms with Gasteiger partial charge in [0.1, 0.15) is 5.52 Å². The van der Waals surface area contributed by atoms with E-state index in [0.717, 1.165) is 16.0 Å². The summed E-state index contributed by atoms with van der Waals surface area (Å²) in [4.78, 5) is 17.1. The molecule has 0 radical (unpaired) electrons. The highest BCUT2D eigenvalue weighted by atomic mass is 32.2. The Morgan fingerprint density at radius 3 is 2.46 bits per heavy atom. The predicted octanol–water partition coefficient (Wildman–Crippen LogP) is 5.86. The number of benzene rings is 3. The van der Waals surface area contributed by atoms with E-state index in [1.807, 2.05) is 61.5 Å². The molecule has 0 spiro atoms. The first-order chi connectivity index (χ1) is 12.6. The molecule has 0 fully saturated rings. The van der Waals surface area contributed by atoms with Gasteiger partial charge in [-0.15, -0.1) is 0 Å². The molecule has 0 amide bonds. The van der Waals surface area contributed by atoms with Gasteiger partial charge >= 0.3 is 0 Å². The molecule has 6 heteroatoms. The molecule has 0 aliphatic rings. The third-order valence-corrected chi connectivity index (χ3v) is 4.99. The van der Waals surface area contributed by atoms with Crippen molar-refractivity contribution in [3.63, 3.8) is 0 Å². The lowest BCUT2D eigenvalue weighted by atomic mass is 10.2. The Bertz CT molecular complexity index is 1090. The van der Waals surface area contributed by atoms with E-state index in [2.05, 4.69) is 4.98 Å². The smallest absolute Gasteiger partial charge is 0.287 e. The highest BCUT2D eigenvalue weighted by Crippen LogP contribution is 2.38. The van der Waals surface area contributed by atoms with Crippen LogP contribution in [0.1, 0.15) is 5.56 Å². The van der Waals surface area contributed by atoms with Gasteiger partial charge in [-0.25, -0.2) is 4.98 Å². The average Bonchev–Trinajstić information content (AvgIpc) is 3.06. The van der Waals surface area contributed by atoms with Crippen molar-refractivity contribution in [2.75, 3.05) is 0 Å². The molecule has 5 nitrogen and oxygen atoms in total.